The molecule has 0 aliphatic rings. The van der Waals surface area contributed by atoms with E-state index in [4.69, 9.17) is 9.84 Å². The van der Waals surface area contributed by atoms with Gasteiger partial charge in [0, 0.05) is 11.1 Å². The van der Waals surface area contributed by atoms with E-state index in [9.17, 15) is 9.59 Å². The Morgan fingerprint density at radius 3 is 1.98 bits per heavy atom. The first-order valence-corrected chi connectivity index (χ1v) is 14.8. The van der Waals surface area contributed by atoms with Gasteiger partial charge in [-0.2, -0.15) is 5.10 Å². The average Bonchev–Trinajstić information content (AvgIpc) is 3.68. The van der Waals surface area contributed by atoms with Crippen LogP contribution in [0.1, 0.15) is 32.8 Å². The fourth-order valence-electron chi connectivity index (χ4n) is 4.69. The van der Waals surface area contributed by atoms with E-state index in [1.54, 1.807) is 11.6 Å². The summed E-state index contributed by atoms with van der Waals surface area (Å²) >= 11 is 1.02. The molecule has 0 radical (unpaired) electrons. The lowest BCUT2D eigenvalue weighted by molar-refractivity contribution is 0.0524. The number of carbonyl (C=O) groups is 2. The largest absolute Gasteiger partial charge is 0.461 e. The topological polar surface area (TPSA) is 103 Å². The number of carbonyl (C=O) groups excluding carboxylic acids is 2. The van der Waals surface area contributed by atoms with Gasteiger partial charge in [0.1, 0.15) is 11.4 Å². The van der Waals surface area contributed by atoms with Gasteiger partial charge in [-0.1, -0.05) is 108 Å². The third-order valence-corrected chi connectivity index (χ3v) is 7.64. The van der Waals surface area contributed by atoms with Crippen LogP contribution >= 0.6 is 11.3 Å². The molecule has 2 aromatic heterocycles. The van der Waals surface area contributed by atoms with Gasteiger partial charge >= 0.3 is 5.97 Å². The molecule has 0 unspecified atom stereocenters. The molecule has 0 atom stereocenters. The number of esters is 1. The zero-order chi connectivity index (χ0) is 30.5. The number of benzene rings is 4. The summed E-state index contributed by atoms with van der Waals surface area (Å²) in [5.74, 6) is -1.05. The first-order chi connectivity index (χ1) is 21.5. The van der Waals surface area contributed by atoms with Gasteiger partial charge in [-0.05, 0) is 43.7 Å². The Labute approximate surface area is 257 Å². The van der Waals surface area contributed by atoms with E-state index in [1.165, 1.54) is 4.68 Å². The Hall–Kier alpha value is -5.61. The summed E-state index contributed by atoms with van der Waals surface area (Å²) in [6.07, 6.45) is 0. The number of aryl methyl sites for hydroxylation is 1. The fourth-order valence-corrected chi connectivity index (χ4v) is 5.46. The summed E-state index contributed by atoms with van der Waals surface area (Å²) in [6, 6.07) is 36.5. The van der Waals surface area contributed by atoms with Crippen LogP contribution in [0.2, 0.25) is 0 Å². The molecule has 0 bridgehead atoms. The molecule has 0 saturated heterocycles. The SMILES string of the molecule is CCOC(=O)c1nn(-c2ccccc2)/c(=N/NC(=O)c2c(-c3ccc(C)cc3)c(-c3ccccc3)nn2-c2ccccc2)s1. The second kappa shape index (κ2) is 12.7. The predicted molar refractivity (Wildman–Crippen MR) is 170 cm³/mol. The molecule has 0 aliphatic heterocycles. The van der Waals surface area contributed by atoms with Crippen LogP contribution in [0.3, 0.4) is 0 Å². The van der Waals surface area contributed by atoms with Gasteiger partial charge in [0.25, 0.3) is 5.91 Å². The summed E-state index contributed by atoms with van der Waals surface area (Å²) in [6.45, 7) is 3.96. The molecule has 0 aliphatic carbocycles. The lowest BCUT2D eigenvalue weighted by Gasteiger charge is -2.09. The third-order valence-electron chi connectivity index (χ3n) is 6.75. The highest BCUT2D eigenvalue weighted by Gasteiger charge is 2.27. The van der Waals surface area contributed by atoms with Gasteiger partial charge in [0.2, 0.25) is 9.81 Å². The van der Waals surface area contributed by atoms with Crippen molar-refractivity contribution in [3.8, 4) is 33.8 Å². The van der Waals surface area contributed by atoms with Crippen LogP contribution in [0.25, 0.3) is 33.8 Å². The first-order valence-electron chi connectivity index (χ1n) is 14.0. The molecular weight excluding hydrogens is 572 g/mol. The van der Waals surface area contributed by atoms with Crippen molar-refractivity contribution in [1.82, 2.24) is 25.0 Å². The highest BCUT2D eigenvalue weighted by molar-refractivity contribution is 7.10. The molecular formula is C34H28N6O3S. The first kappa shape index (κ1) is 28.5. The standard InChI is InChI=1S/C34H28N6O3S/c1-3-43-33(42)32-38-40(27-17-11-6-12-18-27)34(44-32)36-35-31(41)30-28(24-21-19-23(2)20-22-24)29(25-13-7-4-8-14-25)37-39(30)26-15-9-5-10-16-26/h4-22H,3H2,1-2H3,(H,35,41)/b36-34-. The molecule has 0 fully saturated rings. The summed E-state index contributed by atoms with van der Waals surface area (Å²) in [7, 11) is 0. The van der Waals surface area contributed by atoms with Gasteiger partial charge < -0.3 is 4.74 Å². The maximum atomic E-state index is 14.2. The number of nitrogens with zero attached hydrogens (tertiary/aromatic N) is 5. The van der Waals surface area contributed by atoms with Crippen molar-refractivity contribution in [2.45, 2.75) is 13.8 Å². The maximum Gasteiger partial charge on any atom is 0.369 e. The van der Waals surface area contributed by atoms with E-state index in [0.29, 0.717) is 27.4 Å². The molecule has 0 saturated carbocycles. The van der Waals surface area contributed by atoms with E-state index in [1.807, 2.05) is 122 Å². The van der Waals surface area contributed by atoms with Gasteiger partial charge in [0.15, 0.2) is 0 Å². The Kier molecular flexibility index (Phi) is 8.24. The Bertz CT molecular complexity index is 1980. The quantitative estimate of drug-likeness (QED) is 0.166. The van der Waals surface area contributed by atoms with Gasteiger partial charge in [-0.3, -0.25) is 4.79 Å². The Morgan fingerprint density at radius 2 is 1.36 bits per heavy atom. The smallest absolute Gasteiger partial charge is 0.369 e. The summed E-state index contributed by atoms with van der Waals surface area (Å²) in [5, 5.41) is 14.0. The van der Waals surface area contributed by atoms with Crippen LogP contribution < -0.4 is 10.2 Å². The van der Waals surface area contributed by atoms with E-state index in [0.717, 1.165) is 33.7 Å². The number of amides is 1. The van der Waals surface area contributed by atoms with Crippen LogP contribution in [0, 0.1) is 6.92 Å². The van der Waals surface area contributed by atoms with Crippen molar-refractivity contribution in [3.05, 3.63) is 136 Å². The highest BCUT2D eigenvalue weighted by atomic mass is 32.1. The number of rotatable bonds is 8. The number of aromatic nitrogens is 4. The van der Waals surface area contributed by atoms with Crippen molar-refractivity contribution in [2.75, 3.05) is 6.61 Å². The van der Waals surface area contributed by atoms with Crippen LogP contribution in [0.15, 0.2) is 120 Å². The minimum absolute atomic E-state index is 0.115. The monoisotopic (exact) mass is 600 g/mol. The van der Waals surface area contributed by atoms with E-state index in [2.05, 4.69) is 15.6 Å². The second-order valence-electron chi connectivity index (χ2n) is 9.76. The fraction of sp³-hybridized carbons (Fsp3) is 0.0882. The number of hydrogen-bond donors (Lipinski definition) is 1. The Balaban J connectivity index is 1.52. The molecule has 1 N–H and O–H groups in total. The van der Waals surface area contributed by atoms with Crippen molar-refractivity contribution in [3.63, 3.8) is 0 Å². The number of ether oxygens (including phenoxy) is 1. The molecule has 4 aromatic carbocycles. The van der Waals surface area contributed by atoms with Crippen LogP contribution in [-0.4, -0.2) is 38.0 Å². The molecule has 9 nitrogen and oxygen atoms in total. The zero-order valence-corrected chi connectivity index (χ0v) is 24.9. The van der Waals surface area contributed by atoms with Crippen molar-refractivity contribution < 1.29 is 14.3 Å². The summed E-state index contributed by atoms with van der Waals surface area (Å²) < 4.78 is 8.31. The number of nitrogens with one attached hydrogen (secondary N) is 1. The van der Waals surface area contributed by atoms with Crippen molar-refractivity contribution >= 4 is 23.2 Å². The molecule has 2 heterocycles. The second-order valence-corrected chi connectivity index (χ2v) is 10.7. The van der Waals surface area contributed by atoms with E-state index < -0.39 is 11.9 Å². The Morgan fingerprint density at radius 1 is 0.773 bits per heavy atom. The molecule has 10 heteroatoms. The molecule has 0 spiro atoms. The van der Waals surface area contributed by atoms with E-state index in [-0.39, 0.29) is 11.6 Å². The minimum atomic E-state index is -0.564. The summed E-state index contributed by atoms with van der Waals surface area (Å²) in [5.41, 5.74) is 8.56. The van der Waals surface area contributed by atoms with Crippen molar-refractivity contribution in [2.24, 2.45) is 5.10 Å². The minimum Gasteiger partial charge on any atom is -0.461 e. The van der Waals surface area contributed by atoms with Gasteiger partial charge in [-0.25, -0.2) is 19.6 Å². The lowest BCUT2D eigenvalue weighted by atomic mass is 9.97. The molecule has 1 amide bonds. The third kappa shape index (κ3) is 5.83. The zero-order valence-electron chi connectivity index (χ0n) is 24.0. The number of hydrogen-bond acceptors (Lipinski definition) is 7. The van der Waals surface area contributed by atoms with Crippen LogP contribution in [0.5, 0.6) is 0 Å². The average molecular weight is 601 g/mol. The van der Waals surface area contributed by atoms with E-state index >= 15 is 0 Å². The molecule has 44 heavy (non-hydrogen) atoms. The normalized spacial score (nSPS) is 11.4. The van der Waals surface area contributed by atoms with Crippen LogP contribution in [-0.2, 0) is 4.74 Å². The highest BCUT2D eigenvalue weighted by Crippen LogP contribution is 2.36. The number of para-hydroxylation sites is 2. The molecule has 6 aromatic rings. The lowest BCUT2D eigenvalue weighted by Crippen LogP contribution is -2.26. The maximum absolute atomic E-state index is 14.2. The predicted octanol–water partition coefficient (Wildman–Crippen LogP) is 6.18. The summed E-state index contributed by atoms with van der Waals surface area (Å²) in [4.78, 5) is 27.1. The van der Waals surface area contributed by atoms with Crippen LogP contribution in [0.4, 0.5) is 0 Å². The van der Waals surface area contributed by atoms with Gasteiger partial charge in [-0.15, -0.1) is 10.2 Å². The molecule has 6 rings (SSSR count). The van der Waals surface area contributed by atoms with Crippen molar-refractivity contribution in [1.29, 1.82) is 0 Å². The van der Waals surface area contributed by atoms with Gasteiger partial charge in [0.05, 0.1) is 18.0 Å². The molecule has 218 valence electrons.